The van der Waals surface area contributed by atoms with E-state index in [0.29, 0.717) is 32.4 Å². The van der Waals surface area contributed by atoms with Gasteiger partial charge in [-0.05, 0) is 49.1 Å². The number of hydrogen-bond acceptors (Lipinski definition) is 2. The number of nitrogens with zero attached hydrogens (tertiary/aromatic N) is 1. The van der Waals surface area contributed by atoms with Gasteiger partial charge >= 0.3 is 0 Å². The molecule has 0 aliphatic carbocycles. The van der Waals surface area contributed by atoms with Gasteiger partial charge in [0.2, 0.25) is 11.8 Å². The van der Waals surface area contributed by atoms with Crippen molar-refractivity contribution in [2.45, 2.75) is 45.7 Å². The molecular weight excluding hydrogens is 476 g/mol. The minimum Gasteiger partial charge on any atom is -0.355 e. The monoisotopic (exact) mass is 506 g/mol. The van der Waals surface area contributed by atoms with E-state index in [9.17, 15) is 9.59 Å². The molecule has 5 heteroatoms. The Morgan fingerprint density at radius 2 is 1.61 bits per heavy atom. The largest absolute Gasteiger partial charge is 0.355 e. The lowest BCUT2D eigenvalue weighted by Gasteiger charge is -2.31. The Hall–Kier alpha value is -2.92. The molecule has 1 atom stereocenters. The van der Waals surface area contributed by atoms with Crippen LogP contribution in [-0.2, 0) is 29.0 Å². The lowest BCUT2D eigenvalue weighted by Crippen LogP contribution is -2.50. The van der Waals surface area contributed by atoms with Crippen LogP contribution in [0.3, 0.4) is 0 Å². The topological polar surface area (TPSA) is 49.4 Å². The van der Waals surface area contributed by atoms with E-state index in [1.807, 2.05) is 61.5 Å². The highest BCUT2D eigenvalue weighted by Gasteiger charge is 2.29. The summed E-state index contributed by atoms with van der Waals surface area (Å²) >= 11 is 3.52. The van der Waals surface area contributed by atoms with E-state index >= 15 is 0 Å². The third-order valence-corrected chi connectivity index (χ3v) is 6.11. The molecule has 0 saturated heterocycles. The molecule has 0 aliphatic rings. The summed E-state index contributed by atoms with van der Waals surface area (Å²) < 4.78 is 0.949. The number of aryl methyl sites for hydroxylation is 2. The normalized spacial score (nSPS) is 11.6. The number of likely N-dealkylation sites (N-methyl/N-ethyl adjacent to an activating group) is 1. The van der Waals surface area contributed by atoms with Crippen molar-refractivity contribution in [2.75, 3.05) is 6.54 Å². The van der Waals surface area contributed by atoms with Crippen LogP contribution in [0.15, 0.2) is 83.3 Å². The third kappa shape index (κ3) is 7.57. The van der Waals surface area contributed by atoms with Crippen molar-refractivity contribution < 1.29 is 9.59 Å². The molecule has 0 radical (unpaired) electrons. The van der Waals surface area contributed by atoms with Gasteiger partial charge in [-0.15, -0.1) is 0 Å². The molecule has 4 nitrogen and oxygen atoms in total. The van der Waals surface area contributed by atoms with Crippen LogP contribution in [0.5, 0.6) is 0 Å². The Balaban J connectivity index is 1.88. The van der Waals surface area contributed by atoms with E-state index in [4.69, 9.17) is 0 Å². The van der Waals surface area contributed by atoms with Gasteiger partial charge in [0, 0.05) is 30.4 Å². The minimum absolute atomic E-state index is 0.0252. The number of nitrogens with one attached hydrogen (secondary N) is 1. The lowest BCUT2D eigenvalue weighted by atomic mass is 10.0. The van der Waals surface area contributed by atoms with Gasteiger partial charge in [-0.25, -0.2) is 0 Å². The summed E-state index contributed by atoms with van der Waals surface area (Å²) in [6.07, 6.45) is 1.46. The molecule has 3 aromatic rings. The summed E-state index contributed by atoms with van der Waals surface area (Å²) in [5, 5.41) is 2.94. The van der Waals surface area contributed by atoms with Crippen LogP contribution < -0.4 is 5.32 Å². The van der Waals surface area contributed by atoms with E-state index in [2.05, 4.69) is 52.4 Å². The van der Waals surface area contributed by atoms with Gasteiger partial charge in [0.05, 0.1) is 0 Å². The van der Waals surface area contributed by atoms with Crippen molar-refractivity contribution >= 4 is 27.7 Å². The second kappa shape index (κ2) is 12.4. The number of halogens is 1. The number of hydrogen-bond donors (Lipinski definition) is 1. The van der Waals surface area contributed by atoms with Crippen LogP contribution in [-0.4, -0.2) is 29.3 Å². The number of carbonyl (C=O) groups is 2. The Bertz CT molecular complexity index is 1050. The number of benzene rings is 3. The predicted molar refractivity (Wildman–Crippen MR) is 137 cm³/mol. The molecule has 0 heterocycles. The fourth-order valence-corrected chi connectivity index (χ4v) is 4.27. The maximum Gasteiger partial charge on any atom is 0.243 e. The second-order valence-electron chi connectivity index (χ2n) is 8.24. The predicted octanol–water partition coefficient (Wildman–Crippen LogP) is 5.47. The van der Waals surface area contributed by atoms with Gasteiger partial charge in [0.1, 0.15) is 6.04 Å². The quantitative estimate of drug-likeness (QED) is 0.396. The Kier molecular flexibility index (Phi) is 9.25. The highest BCUT2D eigenvalue weighted by atomic mass is 79.9. The zero-order valence-corrected chi connectivity index (χ0v) is 20.8. The molecule has 0 spiro atoms. The maximum absolute atomic E-state index is 13.5. The fourth-order valence-electron chi connectivity index (χ4n) is 3.83. The summed E-state index contributed by atoms with van der Waals surface area (Å²) in [5.41, 5.74) is 4.32. The van der Waals surface area contributed by atoms with Crippen molar-refractivity contribution in [1.82, 2.24) is 10.2 Å². The van der Waals surface area contributed by atoms with Crippen LogP contribution in [0, 0.1) is 6.92 Å². The van der Waals surface area contributed by atoms with Crippen molar-refractivity contribution in [3.8, 4) is 0 Å². The van der Waals surface area contributed by atoms with Gasteiger partial charge in [-0.1, -0.05) is 88.2 Å². The van der Waals surface area contributed by atoms with Crippen LogP contribution in [0.25, 0.3) is 0 Å². The second-order valence-corrected chi connectivity index (χ2v) is 9.15. The van der Waals surface area contributed by atoms with E-state index < -0.39 is 6.04 Å². The van der Waals surface area contributed by atoms with E-state index in [0.717, 1.165) is 21.2 Å². The number of amides is 2. The molecule has 3 aromatic carbocycles. The van der Waals surface area contributed by atoms with Crippen LogP contribution in [0.4, 0.5) is 0 Å². The van der Waals surface area contributed by atoms with E-state index in [1.165, 1.54) is 5.56 Å². The fraction of sp³-hybridized carbons (Fsp3) is 0.286. The average molecular weight is 507 g/mol. The summed E-state index contributed by atoms with van der Waals surface area (Å²) in [6, 6.07) is 25.4. The Morgan fingerprint density at radius 1 is 0.909 bits per heavy atom. The van der Waals surface area contributed by atoms with Gasteiger partial charge in [0.25, 0.3) is 0 Å². The molecule has 0 fully saturated rings. The molecule has 172 valence electrons. The first kappa shape index (κ1) is 24.7. The summed E-state index contributed by atoms with van der Waals surface area (Å²) in [6.45, 7) is 4.84. The molecule has 0 aliphatic heterocycles. The zero-order chi connectivity index (χ0) is 23.6. The van der Waals surface area contributed by atoms with Gasteiger partial charge in [-0.2, -0.15) is 0 Å². The zero-order valence-electron chi connectivity index (χ0n) is 19.3. The third-order valence-electron chi connectivity index (χ3n) is 5.61. The standard InChI is InChI=1S/C28H31BrN2O2/c1-3-30-28(33)26(19-23-8-5-4-6-9-23)31(20-24-10-7-11-25(29)18-24)27(32)17-16-22-14-12-21(2)13-15-22/h4-15,18,26H,3,16-17,19-20H2,1-2H3,(H,30,33)/t26-/m1/s1. The Labute approximate surface area is 205 Å². The van der Waals surface area contributed by atoms with E-state index in [1.54, 1.807) is 4.90 Å². The van der Waals surface area contributed by atoms with Gasteiger partial charge < -0.3 is 10.2 Å². The average Bonchev–Trinajstić information content (AvgIpc) is 2.81. The van der Waals surface area contributed by atoms with Gasteiger partial charge in [0.15, 0.2) is 0 Å². The highest BCUT2D eigenvalue weighted by Crippen LogP contribution is 2.19. The SMILES string of the molecule is CCNC(=O)[C@@H](Cc1ccccc1)N(Cc1cccc(Br)c1)C(=O)CCc1ccc(C)cc1. The van der Waals surface area contributed by atoms with Crippen LogP contribution >= 0.6 is 15.9 Å². The van der Waals surface area contributed by atoms with Crippen LogP contribution in [0.1, 0.15) is 35.6 Å². The molecule has 0 unspecified atom stereocenters. The molecule has 0 bridgehead atoms. The van der Waals surface area contributed by atoms with Crippen LogP contribution in [0.2, 0.25) is 0 Å². The van der Waals surface area contributed by atoms with Crippen molar-refractivity contribution in [3.05, 3.63) is 106 Å². The Morgan fingerprint density at radius 3 is 2.27 bits per heavy atom. The number of rotatable bonds is 10. The summed E-state index contributed by atoms with van der Waals surface area (Å²) in [7, 11) is 0. The van der Waals surface area contributed by atoms with Crippen molar-refractivity contribution in [1.29, 1.82) is 0 Å². The molecule has 33 heavy (non-hydrogen) atoms. The summed E-state index contributed by atoms with van der Waals surface area (Å²) in [5.74, 6) is -0.150. The van der Waals surface area contributed by atoms with E-state index in [-0.39, 0.29) is 11.8 Å². The molecule has 1 N–H and O–H groups in total. The molecule has 0 saturated carbocycles. The maximum atomic E-state index is 13.5. The number of carbonyl (C=O) groups excluding carboxylic acids is 2. The summed E-state index contributed by atoms with van der Waals surface area (Å²) in [4.78, 5) is 28.4. The first-order valence-electron chi connectivity index (χ1n) is 11.4. The van der Waals surface area contributed by atoms with Crippen molar-refractivity contribution in [3.63, 3.8) is 0 Å². The highest BCUT2D eigenvalue weighted by molar-refractivity contribution is 9.10. The first-order chi connectivity index (χ1) is 16.0. The van der Waals surface area contributed by atoms with Gasteiger partial charge in [-0.3, -0.25) is 9.59 Å². The molecule has 2 amide bonds. The smallest absolute Gasteiger partial charge is 0.243 e. The van der Waals surface area contributed by atoms with Crippen molar-refractivity contribution in [2.24, 2.45) is 0 Å². The molecule has 0 aromatic heterocycles. The minimum atomic E-state index is -0.586. The lowest BCUT2D eigenvalue weighted by molar-refractivity contribution is -0.141. The first-order valence-corrected chi connectivity index (χ1v) is 12.2. The molecule has 3 rings (SSSR count). The molecular formula is C28H31BrN2O2.